The van der Waals surface area contributed by atoms with Gasteiger partial charge in [-0.15, -0.1) is 0 Å². The van der Waals surface area contributed by atoms with E-state index in [0.717, 1.165) is 18.4 Å². The van der Waals surface area contributed by atoms with Crippen LogP contribution in [0.1, 0.15) is 45.2 Å². The highest BCUT2D eigenvalue weighted by atomic mass is 16.1. The summed E-state index contributed by atoms with van der Waals surface area (Å²) in [7, 11) is 0. The summed E-state index contributed by atoms with van der Waals surface area (Å²) >= 11 is 0. The molecule has 0 saturated heterocycles. The Kier molecular flexibility index (Phi) is 6.36. The van der Waals surface area contributed by atoms with Crippen LogP contribution in [-0.2, 0) is 4.79 Å². The van der Waals surface area contributed by atoms with E-state index in [1.165, 1.54) is 0 Å². The van der Waals surface area contributed by atoms with Gasteiger partial charge in [-0.3, -0.25) is 9.78 Å². The number of carbonyl (C=O) groups excluding carboxylic acids is 1. The molecular weight excluding hydrogens is 226 g/mol. The fourth-order valence-electron chi connectivity index (χ4n) is 1.77. The van der Waals surface area contributed by atoms with Gasteiger partial charge >= 0.3 is 0 Å². The molecule has 0 aliphatic carbocycles. The summed E-state index contributed by atoms with van der Waals surface area (Å²) in [4.78, 5) is 15.8. The predicted molar refractivity (Wildman–Crippen MR) is 73.2 cm³/mol. The SMILES string of the molecule is CCC(CC)NC(=O)CNC(C)c1cccnc1. The van der Waals surface area contributed by atoms with Crippen molar-refractivity contribution in [2.45, 2.75) is 45.7 Å². The van der Waals surface area contributed by atoms with E-state index in [-0.39, 0.29) is 18.0 Å². The minimum atomic E-state index is 0.0550. The first-order chi connectivity index (χ1) is 8.67. The molecule has 0 bridgehead atoms. The molecule has 1 atom stereocenters. The van der Waals surface area contributed by atoms with Crippen molar-refractivity contribution in [1.29, 1.82) is 0 Å². The number of carbonyl (C=O) groups is 1. The molecule has 1 aromatic heterocycles. The topological polar surface area (TPSA) is 54.0 Å². The van der Waals surface area contributed by atoms with E-state index in [1.54, 1.807) is 6.20 Å². The molecule has 1 unspecified atom stereocenters. The molecule has 1 heterocycles. The van der Waals surface area contributed by atoms with Crippen molar-refractivity contribution in [3.05, 3.63) is 30.1 Å². The van der Waals surface area contributed by atoms with Crippen molar-refractivity contribution in [2.75, 3.05) is 6.54 Å². The van der Waals surface area contributed by atoms with Gasteiger partial charge in [0.25, 0.3) is 0 Å². The lowest BCUT2D eigenvalue weighted by Gasteiger charge is -2.17. The average Bonchev–Trinajstić information content (AvgIpc) is 2.43. The second-order valence-electron chi connectivity index (χ2n) is 4.47. The zero-order valence-electron chi connectivity index (χ0n) is 11.4. The largest absolute Gasteiger partial charge is 0.352 e. The molecule has 0 aliphatic rings. The van der Waals surface area contributed by atoms with Crippen molar-refractivity contribution in [3.8, 4) is 0 Å². The second kappa shape index (κ2) is 7.82. The van der Waals surface area contributed by atoms with Crippen LogP contribution in [0, 0.1) is 0 Å². The van der Waals surface area contributed by atoms with E-state index in [1.807, 2.05) is 25.3 Å². The third-order valence-electron chi connectivity index (χ3n) is 3.10. The van der Waals surface area contributed by atoms with E-state index in [2.05, 4.69) is 29.5 Å². The summed E-state index contributed by atoms with van der Waals surface area (Å²) in [5, 5.41) is 6.21. The number of hydrogen-bond acceptors (Lipinski definition) is 3. The molecule has 18 heavy (non-hydrogen) atoms. The van der Waals surface area contributed by atoms with Crippen LogP contribution in [0.3, 0.4) is 0 Å². The maximum atomic E-state index is 11.7. The number of nitrogens with zero attached hydrogens (tertiary/aromatic N) is 1. The molecule has 0 aliphatic heterocycles. The lowest BCUT2D eigenvalue weighted by atomic mass is 10.1. The van der Waals surface area contributed by atoms with Crippen molar-refractivity contribution in [3.63, 3.8) is 0 Å². The molecule has 4 nitrogen and oxygen atoms in total. The standard InChI is InChI=1S/C14H23N3O/c1-4-13(5-2)17-14(18)10-16-11(3)12-7-6-8-15-9-12/h6-9,11,13,16H,4-5,10H2,1-3H3,(H,17,18). The van der Waals surface area contributed by atoms with Gasteiger partial charge in [0.2, 0.25) is 5.91 Å². The molecule has 1 aromatic rings. The number of nitrogens with one attached hydrogen (secondary N) is 2. The van der Waals surface area contributed by atoms with Gasteiger partial charge in [0.1, 0.15) is 0 Å². The Morgan fingerprint density at radius 2 is 2.11 bits per heavy atom. The third kappa shape index (κ3) is 4.84. The van der Waals surface area contributed by atoms with E-state index >= 15 is 0 Å². The lowest BCUT2D eigenvalue weighted by Crippen LogP contribution is -2.40. The third-order valence-corrected chi connectivity index (χ3v) is 3.10. The Labute approximate surface area is 109 Å². The summed E-state index contributed by atoms with van der Waals surface area (Å²) in [6.45, 7) is 6.54. The predicted octanol–water partition coefficient (Wildman–Crippen LogP) is 2.04. The van der Waals surface area contributed by atoms with Crippen LogP contribution in [0.4, 0.5) is 0 Å². The summed E-state index contributed by atoms with van der Waals surface area (Å²) in [5.41, 5.74) is 1.09. The number of aromatic nitrogens is 1. The highest BCUT2D eigenvalue weighted by Crippen LogP contribution is 2.08. The smallest absolute Gasteiger partial charge is 0.234 e. The summed E-state index contributed by atoms with van der Waals surface area (Å²) in [6, 6.07) is 4.32. The fourth-order valence-corrected chi connectivity index (χ4v) is 1.77. The average molecular weight is 249 g/mol. The van der Waals surface area contributed by atoms with Crippen LogP contribution in [0.25, 0.3) is 0 Å². The first-order valence-corrected chi connectivity index (χ1v) is 6.60. The van der Waals surface area contributed by atoms with Gasteiger partial charge < -0.3 is 10.6 Å². The summed E-state index contributed by atoms with van der Waals surface area (Å²) in [5.74, 6) is 0.0550. The molecule has 0 radical (unpaired) electrons. The Morgan fingerprint density at radius 3 is 2.67 bits per heavy atom. The number of rotatable bonds is 7. The molecule has 0 fully saturated rings. The van der Waals surface area contributed by atoms with E-state index < -0.39 is 0 Å². The molecule has 0 saturated carbocycles. The van der Waals surface area contributed by atoms with E-state index in [0.29, 0.717) is 6.54 Å². The molecule has 1 amide bonds. The highest BCUT2D eigenvalue weighted by Gasteiger charge is 2.10. The number of hydrogen-bond donors (Lipinski definition) is 2. The normalized spacial score (nSPS) is 12.4. The van der Waals surface area contributed by atoms with Gasteiger partial charge in [-0.05, 0) is 31.4 Å². The second-order valence-corrected chi connectivity index (χ2v) is 4.47. The Bertz CT molecular complexity index is 349. The van der Waals surface area contributed by atoms with Crippen LogP contribution in [0.2, 0.25) is 0 Å². The molecule has 0 aromatic carbocycles. The maximum absolute atomic E-state index is 11.7. The van der Waals surface area contributed by atoms with Crippen LogP contribution in [-0.4, -0.2) is 23.5 Å². The van der Waals surface area contributed by atoms with E-state index in [9.17, 15) is 4.79 Å². The number of pyridine rings is 1. The maximum Gasteiger partial charge on any atom is 0.234 e. The Hall–Kier alpha value is -1.42. The van der Waals surface area contributed by atoms with Gasteiger partial charge in [0.15, 0.2) is 0 Å². The summed E-state index contributed by atoms with van der Waals surface area (Å²) < 4.78 is 0. The first-order valence-electron chi connectivity index (χ1n) is 6.60. The van der Waals surface area contributed by atoms with Crippen molar-refractivity contribution in [2.24, 2.45) is 0 Å². The van der Waals surface area contributed by atoms with Crippen molar-refractivity contribution >= 4 is 5.91 Å². The van der Waals surface area contributed by atoms with E-state index in [4.69, 9.17) is 0 Å². The Morgan fingerprint density at radius 1 is 1.39 bits per heavy atom. The quantitative estimate of drug-likeness (QED) is 0.777. The van der Waals surface area contributed by atoms with Gasteiger partial charge in [0.05, 0.1) is 6.54 Å². The van der Waals surface area contributed by atoms with Crippen LogP contribution < -0.4 is 10.6 Å². The zero-order chi connectivity index (χ0) is 13.4. The van der Waals surface area contributed by atoms with Gasteiger partial charge in [-0.25, -0.2) is 0 Å². The van der Waals surface area contributed by atoms with Crippen LogP contribution in [0.15, 0.2) is 24.5 Å². The minimum Gasteiger partial charge on any atom is -0.352 e. The Balaban J connectivity index is 2.34. The molecule has 1 rings (SSSR count). The highest BCUT2D eigenvalue weighted by molar-refractivity contribution is 5.78. The molecular formula is C14H23N3O. The van der Waals surface area contributed by atoms with Crippen molar-refractivity contribution < 1.29 is 4.79 Å². The monoisotopic (exact) mass is 249 g/mol. The summed E-state index contributed by atoms with van der Waals surface area (Å²) in [6.07, 6.45) is 5.51. The number of amides is 1. The molecule has 4 heteroatoms. The van der Waals surface area contributed by atoms with Gasteiger partial charge in [0, 0.05) is 24.5 Å². The van der Waals surface area contributed by atoms with Crippen LogP contribution in [0.5, 0.6) is 0 Å². The van der Waals surface area contributed by atoms with Gasteiger partial charge in [-0.2, -0.15) is 0 Å². The first kappa shape index (κ1) is 14.6. The minimum absolute atomic E-state index is 0.0550. The molecule has 0 spiro atoms. The van der Waals surface area contributed by atoms with Crippen LogP contribution >= 0.6 is 0 Å². The fraction of sp³-hybridized carbons (Fsp3) is 0.571. The molecule has 100 valence electrons. The lowest BCUT2D eigenvalue weighted by molar-refractivity contribution is -0.121. The van der Waals surface area contributed by atoms with Gasteiger partial charge in [-0.1, -0.05) is 19.9 Å². The zero-order valence-corrected chi connectivity index (χ0v) is 11.4. The molecule has 2 N–H and O–H groups in total. The van der Waals surface area contributed by atoms with Crippen molar-refractivity contribution in [1.82, 2.24) is 15.6 Å².